The Balaban J connectivity index is 0.00000312. The van der Waals surface area contributed by atoms with Crippen LogP contribution in [0.5, 0.6) is 0 Å². The Bertz CT molecular complexity index is 624. The van der Waals surface area contributed by atoms with Crippen molar-refractivity contribution >= 4 is 35.8 Å². The molecule has 3 amide bonds. The zero-order valence-electron chi connectivity index (χ0n) is 14.0. The van der Waals surface area contributed by atoms with E-state index in [1.807, 2.05) is 0 Å². The monoisotopic (exact) mass is 368 g/mol. The molecule has 1 aliphatic carbocycles. The molecular weight excluding hydrogens is 344 g/mol. The summed E-state index contributed by atoms with van der Waals surface area (Å²) in [7, 11) is 0. The number of halogens is 1. The van der Waals surface area contributed by atoms with Gasteiger partial charge in [0.25, 0.3) is 5.91 Å². The summed E-state index contributed by atoms with van der Waals surface area (Å²) in [4.78, 5) is 35.4. The van der Waals surface area contributed by atoms with E-state index >= 15 is 0 Å². The Labute approximate surface area is 153 Å². The van der Waals surface area contributed by atoms with Crippen molar-refractivity contribution in [3.8, 4) is 0 Å². The molecule has 1 aliphatic rings. The summed E-state index contributed by atoms with van der Waals surface area (Å²) in [6.45, 7) is 0.161. The lowest BCUT2D eigenvalue weighted by atomic mass is 9.85. The summed E-state index contributed by atoms with van der Waals surface area (Å²) in [6.07, 6.45) is 3.43. The van der Waals surface area contributed by atoms with Crippen molar-refractivity contribution in [1.82, 2.24) is 5.32 Å². The number of amides is 3. The molecule has 2 rings (SSSR count). The number of nitrogens with two attached hydrogens (primary N) is 2. The molecule has 0 radical (unpaired) electrons. The van der Waals surface area contributed by atoms with Crippen LogP contribution < -0.4 is 22.1 Å². The van der Waals surface area contributed by atoms with Crippen molar-refractivity contribution in [1.29, 1.82) is 0 Å². The SMILES string of the molecule is Cl.NC(=O)CCNC(=O)c1ccccc1NC(=O)C1CCCC(N)C1. The third-order valence-corrected chi connectivity index (χ3v) is 4.17. The van der Waals surface area contributed by atoms with E-state index in [0.29, 0.717) is 17.7 Å². The second-order valence-corrected chi connectivity index (χ2v) is 6.13. The summed E-state index contributed by atoms with van der Waals surface area (Å²) in [6, 6.07) is 6.84. The fraction of sp³-hybridized carbons (Fsp3) is 0.471. The molecular formula is C17H25ClN4O3. The van der Waals surface area contributed by atoms with Gasteiger partial charge in [-0.05, 0) is 31.4 Å². The smallest absolute Gasteiger partial charge is 0.253 e. The molecule has 0 saturated heterocycles. The van der Waals surface area contributed by atoms with Gasteiger partial charge in [-0.3, -0.25) is 14.4 Å². The van der Waals surface area contributed by atoms with Crippen molar-refractivity contribution in [2.45, 2.75) is 38.1 Å². The number of benzene rings is 1. The Morgan fingerprint density at radius 2 is 1.88 bits per heavy atom. The highest BCUT2D eigenvalue weighted by atomic mass is 35.5. The van der Waals surface area contributed by atoms with Gasteiger partial charge < -0.3 is 22.1 Å². The second-order valence-electron chi connectivity index (χ2n) is 6.13. The van der Waals surface area contributed by atoms with Crippen LogP contribution in [0.3, 0.4) is 0 Å². The maximum absolute atomic E-state index is 12.4. The number of rotatable bonds is 6. The first-order valence-electron chi connectivity index (χ1n) is 8.19. The highest BCUT2D eigenvalue weighted by molar-refractivity contribution is 6.04. The van der Waals surface area contributed by atoms with Gasteiger partial charge in [0.05, 0.1) is 11.3 Å². The molecule has 1 fully saturated rings. The number of anilines is 1. The zero-order chi connectivity index (χ0) is 17.5. The molecule has 25 heavy (non-hydrogen) atoms. The van der Waals surface area contributed by atoms with E-state index in [1.54, 1.807) is 24.3 Å². The van der Waals surface area contributed by atoms with Crippen molar-refractivity contribution in [2.75, 3.05) is 11.9 Å². The molecule has 2 unspecified atom stereocenters. The van der Waals surface area contributed by atoms with Crippen LogP contribution >= 0.6 is 12.4 Å². The molecule has 138 valence electrons. The predicted molar refractivity (Wildman–Crippen MR) is 98.4 cm³/mol. The first-order valence-corrected chi connectivity index (χ1v) is 8.19. The predicted octanol–water partition coefficient (Wildman–Crippen LogP) is 1.17. The second kappa shape index (κ2) is 10.0. The van der Waals surface area contributed by atoms with Gasteiger partial charge in [0.2, 0.25) is 11.8 Å². The fourth-order valence-corrected chi connectivity index (χ4v) is 2.89. The molecule has 6 N–H and O–H groups in total. The van der Waals surface area contributed by atoms with E-state index in [9.17, 15) is 14.4 Å². The minimum Gasteiger partial charge on any atom is -0.370 e. The molecule has 1 aromatic carbocycles. The molecule has 2 atom stereocenters. The first kappa shape index (κ1) is 20.9. The standard InChI is InChI=1S/C17H24N4O3.ClH/c18-12-5-3-4-11(10-12)16(23)21-14-7-2-1-6-13(14)17(24)20-9-8-15(19)22;/h1-2,6-7,11-12H,3-5,8-10,18H2,(H2,19,22)(H,20,24)(H,21,23);1H. The van der Waals surface area contributed by atoms with Gasteiger partial charge in [0.15, 0.2) is 0 Å². The molecule has 8 heteroatoms. The van der Waals surface area contributed by atoms with Crippen LogP contribution in [0.15, 0.2) is 24.3 Å². The largest absolute Gasteiger partial charge is 0.370 e. The molecule has 7 nitrogen and oxygen atoms in total. The number of carbonyl (C=O) groups excluding carboxylic acids is 3. The van der Waals surface area contributed by atoms with Crippen LogP contribution in [0, 0.1) is 5.92 Å². The van der Waals surface area contributed by atoms with Crippen molar-refractivity contribution in [3.05, 3.63) is 29.8 Å². The van der Waals surface area contributed by atoms with E-state index in [1.165, 1.54) is 0 Å². The normalized spacial score (nSPS) is 19.4. The lowest BCUT2D eigenvalue weighted by molar-refractivity contribution is -0.121. The number of primary amides is 1. The van der Waals surface area contributed by atoms with E-state index < -0.39 is 5.91 Å². The minimum absolute atomic E-state index is 0. The van der Waals surface area contributed by atoms with Crippen molar-refractivity contribution in [2.24, 2.45) is 17.4 Å². The van der Waals surface area contributed by atoms with Gasteiger partial charge in [-0.25, -0.2) is 0 Å². The number of nitrogens with one attached hydrogen (secondary N) is 2. The summed E-state index contributed by atoms with van der Waals surface area (Å²) in [5.41, 5.74) is 11.8. The molecule has 0 aromatic heterocycles. The topological polar surface area (TPSA) is 127 Å². The highest BCUT2D eigenvalue weighted by Crippen LogP contribution is 2.25. The van der Waals surface area contributed by atoms with Crippen LogP contribution in [0.4, 0.5) is 5.69 Å². The van der Waals surface area contributed by atoms with E-state index in [4.69, 9.17) is 11.5 Å². The van der Waals surface area contributed by atoms with E-state index in [-0.39, 0.29) is 49.1 Å². The lowest BCUT2D eigenvalue weighted by Gasteiger charge is -2.26. The summed E-state index contributed by atoms with van der Waals surface area (Å²) < 4.78 is 0. The molecule has 0 heterocycles. The van der Waals surface area contributed by atoms with Gasteiger partial charge in [0.1, 0.15) is 0 Å². The summed E-state index contributed by atoms with van der Waals surface area (Å²) >= 11 is 0. The molecule has 0 aliphatic heterocycles. The molecule has 0 spiro atoms. The Hall–Kier alpha value is -2.12. The number of carbonyl (C=O) groups is 3. The van der Waals surface area contributed by atoms with Crippen molar-refractivity contribution in [3.63, 3.8) is 0 Å². The summed E-state index contributed by atoms with van der Waals surface area (Å²) in [5, 5.41) is 5.45. The van der Waals surface area contributed by atoms with Gasteiger partial charge in [-0.2, -0.15) is 0 Å². The van der Waals surface area contributed by atoms with Gasteiger partial charge in [-0.15, -0.1) is 12.4 Å². The first-order chi connectivity index (χ1) is 11.5. The highest BCUT2D eigenvalue weighted by Gasteiger charge is 2.26. The Morgan fingerprint density at radius 3 is 2.56 bits per heavy atom. The molecule has 1 aromatic rings. The van der Waals surface area contributed by atoms with Crippen LogP contribution in [0.25, 0.3) is 0 Å². The summed E-state index contributed by atoms with van der Waals surface area (Å²) in [5.74, 6) is -1.07. The number of hydrogen-bond donors (Lipinski definition) is 4. The minimum atomic E-state index is -0.481. The van der Waals surface area contributed by atoms with Crippen LogP contribution in [-0.4, -0.2) is 30.3 Å². The van der Waals surface area contributed by atoms with E-state index in [2.05, 4.69) is 10.6 Å². The third kappa shape index (κ3) is 6.36. The van der Waals surface area contributed by atoms with Crippen LogP contribution in [0.1, 0.15) is 42.5 Å². The molecule has 1 saturated carbocycles. The Morgan fingerprint density at radius 1 is 1.16 bits per heavy atom. The quantitative estimate of drug-likeness (QED) is 0.600. The third-order valence-electron chi connectivity index (χ3n) is 4.17. The fourth-order valence-electron chi connectivity index (χ4n) is 2.89. The maximum Gasteiger partial charge on any atom is 0.253 e. The maximum atomic E-state index is 12.4. The Kier molecular flexibility index (Phi) is 8.37. The average molecular weight is 369 g/mol. The average Bonchev–Trinajstić information content (AvgIpc) is 2.55. The van der Waals surface area contributed by atoms with Gasteiger partial charge in [-0.1, -0.05) is 18.6 Å². The number of para-hydroxylation sites is 1. The van der Waals surface area contributed by atoms with Gasteiger partial charge in [0, 0.05) is 24.9 Å². The van der Waals surface area contributed by atoms with Crippen LogP contribution in [0.2, 0.25) is 0 Å². The van der Waals surface area contributed by atoms with Crippen molar-refractivity contribution < 1.29 is 14.4 Å². The van der Waals surface area contributed by atoms with Crippen LogP contribution in [-0.2, 0) is 9.59 Å². The van der Waals surface area contributed by atoms with E-state index in [0.717, 1.165) is 19.3 Å². The number of hydrogen-bond acceptors (Lipinski definition) is 4. The van der Waals surface area contributed by atoms with Gasteiger partial charge >= 0.3 is 0 Å². The lowest BCUT2D eigenvalue weighted by Crippen LogP contribution is -2.35. The molecule has 0 bridgehead atoms. The zero-order valence-corrected chi connectivity index (χ0v) is 14.8.